The highest BCUT2D eigenvalue weighted by atomic mass is 32.2. The lowest BCUT2D eigenvalue weighted by molar-refractivity contribution is 0.568. The summed E-state index contributed by atoms with van der Waals surface area (Å²) in [4.78, 5) is 2.27. The molecule has 1 aliphatic heterocycles. The minimum atomic E-state index is -3.19. The smallest absolute Gasteiger partial charge is 0.211 e. The monoisotopic (exact) mass is 338 g/mol. The molecule has 0 aromatic carbocycles. The van der Waals surface area contributed by atoms with Crippen LogP contribution in [0.2, 0.25) is 0 Å². The van der Waals surface area contributed by atoms with Crippen molar-refractivity contribution in [1.82, 2.24) is 24.5 Å². The highest BCUT2D eigenvalue weighted by Gasteiger charge is 2.15. The molecule has 1 saturated heterocycles. The van der Waals surface area contributed by atoms with E-state index in [1.807, 2.05) is 12.1 Å². The van der Waals surface area contributed by atoms with Crippen LogP contribution in [0.1, 0.15) is 32.0 Å². The summed E-state index contributed by atoms with van der Waals surface area (Å²) in [6.45, 7) is 3.95. The highest BCUT2D eigenvalue weighted by molar-refractivity contribution is 7.89. The number of hydrogen-bond donors (Lipinski definition) is 1. The van der Waals surface area contributed by atoms with Crippen LogP contribution in [0.3, 0.4) is 0 Å². The van der Waals surface area contributed by atoms with E-state index in [0.29, 0.717) is 24.4 Å². The minimum absolute atomic E-state index is 0.0743. The molecule has 0 amide bonds. The van der Waals surface area contributed by atoms with Crippen molar-refractivity contribution in [3.05, 3.63) is 18.0 Å². The van der Waals surface area contributed by atoms with Gasteiger partial charge in [0.2, 0.25) is 10.0 Å². The molecule has 2 aromatic rings. The predicted octanol–water partition coefficient (Wildman–Crippen LogP) is 0.596. The maximum atomic E-state index is 11.5. The average molecular weight is 338 g/mol. The van der Waals surface area contributed by atoms with Crippen molar-refractivity contribution >= 4 is 21.5 Å². The molecule has 0 aliphatic carbocycles. The van der Waals surface area contributed by atoms with Gasteiger partial charge in [0.15, 0.2) is 11.5 Å². The van der Waals surface area contributed by atoms with Crippen molar-refractivity contribution in [2.75, 3.05) is 30.3 Å². The molecule has 23 heavy (non-hydrogen) atoms. The first-order valence-electron chi connectivity index (χ1n) is 8.03. The Bertz CT molecular complexity index is 767. The molecule has 0 spiro atoms. The molecule has 1 N–H and O–H groups in total. The number of nitrogens with zero attached hydrogens (tertiary/aromatic N) is 5. The molecule has 0 radical (unpaired) electrons. The van der Waals surface area contributed by atoms with Gasteiger partial charge >= 0.3 is 0 Å². The average Bonchev–Trinajstić information content (AvgIpc) is 2.98. The first kappa shape index (κ1) is 16.1. The predicted molar refractivity (Wildman–Crippen MR) is 88.0 cm³/mol. The van der Waals surface area contributed by atoms with Gasteiger partial charge in [-0.1, -0.05) is 0 Å². The van der Waals surface area contributed by atoms with Crippen molar-refractivity contribution in [3.63, 3.8) is 0 Å². The topological polar surface area (TPSA) is 92.5 Å². The second kappa shape index (κ2) is 6.79. The van der Waals surface area contributed by atoms with Crippen molar-refractivity contribution in [2.45, 2.75) is 32.6 Å². The Balaban J connectivity index is 1.75. The molecule has 3 heterocycles. The molecule has 0 atom stereocenters. The van der Waals surface area contributed by atoms with Gasteiger partial charge in [-0.25, -0.2) is 13.1 Å². The number of rotatable bonds is 6. The van der Waals surface area contributed by atoms with Crippen molar-refractivity contribution in [3.8, 4) is 0 Å². The van der Waals surface area contributed by atoms with Gasteiger partial charge in [-0.15, -0.1) is 15.3 Å². The van der Waals surface area contributed by atoms with Gasteiger partial charge in [0.25, 0.3) is 0 Å². The fourth-order valence-corrected chi connectivity index (χ4v) is 3.31. The third kappa shape index (κ3) is 3.78. The number of fused-ring (bicyclic) bond motifs is 1. The summed E-state index contributed by atoms with van der Waals surface area (Å²) in [6, 6.07) is 3.88. The van der Waals surface area contributed by atoms with E-state index < -0.39 is 10.0 Å². The SMILES string of the molecule is CCS(=O)(=O)NCCc1nnc2ccc(N3CCCCC3)nn12. The molecule has 0 saturated carbocycles. The molecule has 2 aromatic heterocycles. The maximum absolute atomic E-state index is 11.5. The van der Waals surface area contributed by atoms with Gasteiger partial charge < -0.3 is 4.90 Å². The van der Waals surface area contributed by atoms with Gasteiger partial charge in [-0.2, -0.15) is 4.52 Å². The van der Waals surface area contributed by atoms with Crippen LogP contribution in [0.25, 0.3) is 5.65 Å². The molecular weight excluding hydrogens is 316 g/mol. The van der Waals surface area contributed by atoms with Gasteiger partial charge in [0.05, 0.1) is 5.75 Å². The van der Waals surface area contributed by atoms with Crippen LogP contribution in [-0.4, -0.2) is 53.6 Å². The summed E-state index contributed by atoms with van der Waals surface area (Å²) in [5.41, 5.74) is 0.680. The van der Waals surface area contributed by atoms with Gasteiger partial charge in [0, 0.05) is 26.1 Å². The van der Waals surface area contributed by atoms with E-state index in [4.69, 9.17) is 0 Å². The van der Waals surface area contributed by atoms with Crippen LogP contribution in [0.4, 0.5) is 5.82 Å². The van der Waals surface area contributed by atoms with Gasteiger partial charge in [-0.05, 0) is 38.3 Å². The van der Waals surface area contributed by atoms with Crippen LogP contribution in [0.15, 0.2) is 12.1 Å². The Morgan fingerprint density at radius 1 is 1.17 bits per heavy atom. The number of aromatic nitrogens is 4. The van der Waals surface area contributed by atoms with E-state index in [1.165, 1.54) is 19.3 Å². The molecule has 126 valence electrons. The summed E-state index contributed by atoms with van der Waals surface area (Å²) in [5.74, 6) is 1.66. The number of piperidine rings is 1. The van der Waals surface area contributed by atoms with E-state index in [-0.39, 0.29) is 5.75 Å². The summed E-state index contributed by atoms with van der Waals surface area (Å²) < 4.78 is 27.2. The van der Waals surface area contributed by atoms with E-state index in [9.17, 15) is 8.42 Å². The first-order chi connectivity index (χ1) is 11.1. The molecule has 1 aliphatic rings. The Morgan fingerprint density at radius 3 is 2.70 bits per heavy atom. The zero-order chi connectivity index (χ0) is 16.3. The van der Waals surface area contributed by atoms with Gasteiger partial charge in [-0.3, -0.25) is 0 Å². The fraction of sp³-hybridized carbons (Fsp3) is 0.643. The molecule has 0 unspecified atom stereocenters. The summed E-state index contributed by atoms with van der Waals surface area (Å²) in [7, 11) is -3.19. The Morgan fingerprint density at radius 2 is 1.96 bits per heavy atom. The lowest BCUT2D eigenvalue weighted by Gasteiger charge is -2.27. The van der Waals surface area contributed by atoms with Crippen LogP contribution in [0, 0.1) is 0 Å². The van der Waals surface area contributed by atoms with Crippen molar-refractivity contribution in [2.24, 2.45) is 0 Å². The summed E-state index contributed by atoms with van der Waals surface area (Å²) in [5, 5.41) is 12.9. The minimum Gasteiger partial charge on any atom is -0.355 e. The van der Waals surface area contributed by atoms with Crippen LogP contribution >= 0.6 is 0 Å². The van der Waals surface area contributed by atoms with E-state index >= 15 is 0 Å². The zero-order valence-corrected chi connectivity index (χ0v) is 14.1. The number of sulfonamides is 1. The second-order valence-corrected chi connectivity index (χ2v) is 7.77. The molecule has 8 nitrogen and oxygen atoms in total. The highest BCUT2D eigenvalue weighted by Crippen LogP contribution is 2.17. The van der Waals surface area contributed by atoms with Crippen molar-refractivity contribution < 1.29 is 8.42 Å². The largest absolute Gasteiger partial charge is 0.355 e. The van der Waals surface area contributed by atoms with Crippen LogP contribution < -0.4 is 9.62 Å². The number of anilines is 1. The molecule has 9 heteroatoms. The number of hydrogen-bond acceptors (Lipinski definition) is 6. The standard InChI is InChI=1S/C14H22N6O2S/c1-2-23(21,22)15-9-8-13-17-16-12-6-7-14(18-20(12)13)19-10-4-3-5-11-19/h6-7,15H,2-5,8-11H2,1H3. The lowest BCUT2D eigenvalue weighted by atomic mass is 10.1. The van der Waals surface area contributed by atoms with Crippen LogP contribution in [0.5, 0.6) is 0 Å². The quantitative estimate of drug-likeness (QED) is 0.829. The van der Waals surface area contributed by atoms with E-state index in [1.54, 1.807) is 11.4 Å². The molecular formula is C14H22N6O2S. The molecule has 1 fully saturated rings. The third-order valence-corrected chi connectivity index (χ3v) is 5.45. The third-order valence-electron chi connectivity index (χ3n) is 4.04. The van der Waals surface area contributed by atoms with E-state index in [0.717, 1.165) is 18.9 Å². The summed E-state index contributed by atoms with van der Waals surface area (Å²) >= 11 is 0. The Labute approximate surface area is 135 Å². The van der Waals surface area contributed by atoms with Crippen molar-refractivity contribution in [1.29, 1.82) is 0 Å². The van der Waals surface area contributed by atoms with Gasteiger partial charge in [0.1, 0.15) is 5.82 Å². The second-order valence-electron chi connectivity index (χ2n) is 5.67. The molecule has 3 rings (SSSR count). The Hall–Kier alpha value is -1.74. The first-order valence-corrected chi connectivity index (χ1v) is 9.68. The van der Waals surface area contributed by atoms with E-state index in [2.05, 4.69) is 24.9 Å². The normalized spacial score (nSPS) is 16.1. The molecule has 0 bridgehead atoms. The maximum Gasteiger partial charge on any atom is 0.211 e. The number of nitrogens with one attached hydrogen (secondary N) is 1. The van der Waals surface area contributed by atoms with Crippen LogP contribution in [-0.2, 0) is 16.4 Å². The zero-order valence-electron chi connectivity index (χ0n) is 13.3. The Kier molecular flexibility index (Phi) is 4.76. The summed E-state index contributed by atoms with van der Waals surface area (Å²) in [6.07, 6.45) is 4.10. The lowest BCUT2D eigenvalue weighted by Crippen LogP contribution is -2.30. The fourth-order valence-electron chi connectivity index (χ4n) is 2.69.